The number of para-hydroxylation sites is 1. The van der Waals surface area contributed by atoms with Crippen molar-refractivity contribution in [2.45, 2.75) is 24.7 Å². The minimum Gasteiger partial charge on any atom is -0.494 e. The van der Waals surface area contributed by atoms with Gasteiger partial charge in [0, 0.05) is 36.8 Å². The topological polar surface area (TPSA) is 44.8 Å². The first-order valence-corrected chi connectivity index (χ1v) is 11.1. The molecule has 1 N–H and O–H groups in total. The highest BCUT2D eigenvalue weighted by Crippen LogP contribution is 2.29. The molecule has 1 saturated heterocycles. The molecule has 0 saturated carbocycles. The summed E-state index contributed by atoms with van der Waals surface area (Å²) in [5.74, 6) is 0.840. The number of carbonyl (C=O) groups excluding carboxylic acids is 1. The van der Waals surface area contributed by atoms with E-state index < -0.39 is 0 Å². The number of amides is 2. The molecule has 150 valence electrons. The third kappa shape index (κ3) is 5.35. The van der Waals surface area contributed by atoms with Crippen LogP contribution >= 0.6 is 11.8 Å². The molecule has 0 atom stereocenters. The Morgan fingerprint density at radius 1 is 1.07 bits per heavy atom. The number of nitrogens with zero attached hydrogens (tertiary/aromatic N) is 2. The first-order chi connectivity index (χ1) is 13.7. The average molecular weight is 400 g/mol. The van der Waals surface area contributed by atoms with Gasteiger partial charge in [-0.05, 0) is 49.1 Å². The maximum Gasteiger partial charge on any atom is 0.321 e. The second-order valence-electron chi connectivity index (χ2n) is 6.80. The number of urea groups is 1. The lowest BCUT2D eigenvalue weighted by atomic mass is 10.2. The van der Waals surface area contributed by atoms with Gasteiger partial charge in [-0.25, -0.2) is 4.79 Å². The van der Waals surface area contributed by atoms with Crippen molar-refractivity contribution in [3.63, 3.8) is 0 Å². The van der Waals surface area contributed by atoms with E-state index in [-0.39, 0.29) is 6.03 Å². The second-order valence-corrected chi connectivity index (χ2v) is 7.65. The molecule has 3 rings (SSSR count). The summed E-state index contributed by atoms with van der Waals surface area (Å²) >= 11 is 1.76. The summed E-state index contributed by atoms with van der Waals surface area (Å²) in [5, 5.41) is 2.99. The van der Waals surface area contributed by atoms with Crippen molar-refractivity contribution in [2.24, 2.45) is 0 Å². The normalized spacial score (nSPS) is 14.1. The Morgan fingerprint density at radius 2 is 1.79 bits per heavy atom. The number of anilines is 2. The number of hydrogen-bond acceptors (Lipinski definition) is 4. The van der Waals surface area contributed by atoms with Gasteiger partial charge in [0.1, 0.15) is 5.75 Å². The van der Waals surface area contributed by atoms with Crippen LogP contribution in [0.15, 0.2) is 53.4 Å². The lowest BCUT2D eigenvalue weighted by Crippen LogP contribution is -2.50. The zero-order chi connectivity index (χ0) is 19.8. The fourth-order valence-corrected chi connectivity index (χ4v) is 3.83. The number of piperazine rings is 1. The lowest BCUT2D eigenvalue weighted by molar-refractivity contribution is 0.208. The number of nitrogens with one attached hydrogen (secondary N) is 1. The number of rotatable bonds is 7. The molecule has 1 fully saturated rings. The van der Waals surface area contributed by atoms with Crippen molar-refractivity contribution in [3.8, 4) is 5.75 Å². The SMILES string of the molecule is CCCCOc1ccc(NC(=O)N2CCN(c3ccccc3SC)CC2)cc1. The molecule has 0 aromatic heterocycles. The Hall–Kier alpha value is -2.34. The highest BCUT2D eigenvalue weighted by molar-refractivity contribution is 7.98. The van der Waals surface area contributed by atoms with E-state index in [4.69, 9.17) is 4.74 Å². The molecule has 1 aliphatic heterocycles. The van der Waals surface area contributed by atoms with Gasteiger partial charge in [0.05, 0.1) is 12.3 Å². The molecule has 28 heavy (non-hydrogen) atoms. The maximum atomic E-state index is 12.6. The number of ether oxygens (including phenoxy) is 1. The van der Waals surface area contributed by atoms with Gasteiger partial charge in [-0.2, -0.15) is 0 Å². The summed E-state index contributed by atoms with van der Waals surface area (Å²) in [6.45, 7) is 5.99. The number of unbranched alkanes of at least 4 members (excludes halogenated alkanes) is 1. The standard InChI is InChI=1S/C22H29N3O2S/c1-3-4-17-27-19-11-9-18(10-12-19)23-22(26)25-15-13-24(14-16-25)20-7-5-6-8-21(20)28-2/h5-12H,3-4,13-17H2,1-2H3,(H,23,26). The fourth-order valence-electron chi connectivity index (χ4n) is 3.21. The maximum absolute atomic E-state index is 12.6. The zero-order valence-electron chi connectivity index (χ0n) is 16.7. The van der Waals surface area contributed by atoms with Crippen molar-refractivity contribution in [3.05, 3.63) is 48.5 Å². The van der Waals surface area contributed by atoms with Gasteiger partial charge >= 0.3 is 6.03 Å². The molecule has 0 radical (unpaired) electrons. The van der Waals surface area contributed by atoms with E-state index in [2.05, 4.69) is 47.7 Å². The Labute approximate surface area is 172 Å². The van der Waals surface area contributed by atoms with Crippen LogP contribution in [0, 0.1) is 0 Å². The Morgan fingerprint density at radius 3 is 2.46 bits per heavy atom. The number of hydrogen-bond donors (Lipinski definition) is 1. The first-order valence-electron chi connectivity index (χ1n) is 9.88. The van der Waals surface area contributed by atoms with E-state index >= 15 is 0 Å². The van der Waals surface area contributed by atoms with Gasteiger partial charge in [-0.1, -0.05) is 25.5 Å². The molecule has 1 heterocycles. The third-order valence-electron chi connectivity index (χ3n) is 4.86. The second kappa shape index (κ2) is 10.3. The monoisotopic (exact) mass is 399 g/mol. The van der Waals surface area contributed by atoms with Crippen molar-refractivity contribution in [1.29, 1.82) is 0 Å². The highest BCUT2D eigenvalue weighted by atomic mass is 32.2. The lowest BCUT2D eigenvalue weighted by Gasteiger charge is -2.36. The van der Waals surface area contributed by atoms with Crippen LogP contribution in [0.2, 0.25) is 0 Å². The van der Waals surface area contributed by atoms with Crippen LogP contribution in [0.5, 0.6) is 5.75 Å². The summed E-state index contributed by atoms with van der Waals surface area (Å²) in [6, 6.07) is 16.0. The highest BCUT2D eigenvalue weighted by Gasteiger charge is 2.22. The molecular formula is C22H29N3O2S. The van der Waals surface area contributed by atoms with Crippen LogP contribution in [-0.4, -0.2) is 50.0 Å². The zero-order valence-corrected chi connectivity index (χ0v) is 17.5. The summed E-state index contributed by atoms with van der Waals surface area (Å²) < 4.78 is 5.67. The Bertz CT molecular complexity index is 759. The van der Waals surface area contributed by atoms with Crippen LogP contribution < -0.4 is 15.0 Å². The first kappa shape index (κ1) is 20.4. The van der Waals surface area contributed by atoms with Crippen molar-refractivity contribution >= 4 is 29.2 Å². The van der Waals surface area contributed by atoms with Crippen LogP contribution in [0.3, 0.4) is 0 Å². The third-order valence-corrected chi connectivity index (χ3v) is 5.65. The molecule has 0 spiro atoms. The minimum atomic E-state index is -0.0440. The minimum absolute atomic E-state index is 0.0440. The Balaban J connectivity index is 1.50. The predicted molar refractivity (Wildman–Crippen MR) is 118 cm³/mol. The van der Waals surface area contributed by atoms with Crippen LogP contribution in [-0.2, 0) is 0 Å². The molecular weight excluding hydrogens is 370 g/mol. The van der Waals surface area contributed by atoms with E-state index in [1.807, 2.05) is 29.2 Å². The van der Waals surface area contributed by atoms with E-state index in [1.54, 1.807) is 11.8 Å². The molecule has 0 unspecified atom stereocenters. The van der Waals surface area contributed by atoms with E-state index in [9.17, 15) is 4.79 Å². The van der Waals surface area contributed by atoms with E-state index in [0.717, 1.165) is 44.0 Å². The van der Waals surface area contributed by atoms with Gasteiger partial charge in [0.25, 0.3) is 0 Å². The molecule has 0 aliphatic carbocycles. The fraction of sp³-hybridized carbons (Fsp3) is 0.409. The summed E-state index contributed by atoms with van der Waals surface area (Å²) in [7, 11) is 0. The van der Waals surface area contributed by atoms with Crippen LogP contribution in [0.1, 0.15) is 19.8 Å². The molecule has 5 nitrogen and oxygen atoms in total. The summed E-state index contributed by atoms with van der Waals surface area (Å²) in [6.07, 6.45) is 4.26. The van der Waals surface area contributed by atoms with Crippen molar-refractivity contribution in [2.75, 3.05) is 49.3 Å². The number of carbonyl (C=O) groups is 1. The van der Waals surface area contributed by atoms with Gasteiger partial charge in [0.15, 0.2) is 0 Å². The van der Waals surface area contributed by atoms with Crippen molar-refractivity contribution in [1.82, 2.24) is 4.90 Å². The van der Waals surface area contributed by atoms with Gasteiger partial charge in [-0.3, -0.25) is 0 Å². The van der Waals surface area contributed by atoms with Gasteiger partial charge in [-0.15, -0.1) is 11.8 Å². The largest absolute Gasteiger partial charge is 0.494 e. The van der Waals surface area contributed by atoms with Crippen LogP contribution in [0.4, 0.5) is 16.2 Å². The summed E-state index contributed by atoms with van der Waals surface area (Å²) in [4.78, 5) is 18.1. The molecule has 1 aliphatic rings. The van der Waals surface area contributed by atoms with E-state index in [1.165, 1.54) is 10.6 Å². The van der Waals surface area contributed by atoms with E-state index in [0.29, 0.717) is 13.1 Å². The Kier molecular flexibility index (Phi) is 7.48. The van der Waals surface area contributed by atoms with Crippen LogP contribution in [0.25, 0.3) is 0 Å². The molecule has 2 amide bonds. The van der Waals surface area contributed by atoms with Gasteiger partial charge in [0.2, 0.25) is 0 Å². The molecule has 2 aromatic carbocycles. The summed E-state index contributed by atoms with van der Waals surface area (Å²) in [5.41, 5.74) is 2.05. The average Bonchev–Trinajstić information content (AvgIpc) is 2.75. The number of benzene rings is 2. The molecule has 2 aromatic rings. The number of thioether (sulfide) groups is 1. The smallest absolute Gasteiger partial charge is 0.321 e. The van der Waals surface area contributed by atoms with Gasteiger partial charge < -0.3 is 19.9 Å². The quantitative estimate of drug-likeness (QED) is 0.529. The predicted octanol–water partition coefficient (Wildman–Crippen LogP) is 4.94. The van der Waals surface area contributed by atoms with Crippen molar-refractivity contribution < 1.29 is 9.53 Å². The molecule has 0 bridgehead atoms. The molecule has 6 heteroatoms.